The molecule has 0 radical (unpaired) electrons. The maximum absolute atomic E-state index is 2.24. The number of hydrogen-bond donors (Lipinski definition) is 0. The third-order valence-corrected chi connectivity index (χ3v) is 6.73. The molecule has 0 spiro atoms. The van der Waals surface area contributed by atoms with Gasteiger partial charge in [0.2, 0.25) is 0 Å². The molecule has 0 aliphatic rings. The minimum atomic E-state index is 1.24. The van der Waals surface area contributed by atoms with Crippen LogP contribution in [-0.2, 0) is 12.8 Å². The highest BCUT2D eigenvalue weighted by Crippen LogP contribution is 2.24. The Morgan fingerprint density at radius 3 is 1.29 bits per heavy atom. The quantitative estimate of drug-likeness (QED) is 0.274. The summed E-state index contributed by atoms with van der Waals surface area (Å²) in [5, 5.41) is 0. The molecule has 2 aromatic rings. The fourth-order valence-electron chi connectivity index (χ4n) is 2.74. The van der Waals surface area contributed by atoms with E-state index in [9.17, 15) is 0 Å². The van der Waals surface area contributed by atoms with Crippen LogP contribution in [0.2, 0.25) is 0 Å². The van der Waals surface area contributed by atoms with E-state index in [1.807, 2.05) is 0 Å². The first kappa shape index (κ1) is 19.5. The molecule has 2 aromatic carbocycles. The van der Waals surface area contributed by atoms with Gasteiger partial charge in [0, 0.05) is 11.5 Å². The second kappa shape index (κ2) is 13.4. The second-order valence-electron chi connectivity index (χ2n) is 6.24. The number of hydrogen-bond acceptors (Lipinski definition) is 2. The van der Waals surface area contributed by atoms with Gasteiger partial charge in [-0.05, 0) is 49.7 Å². The Balaban J connectivity index is 1.32. The number of benzene rings is 2. The van der Waals surface area contributed by atoms with Crippen molar-refractivity contribution in [1.82, 2.24) is 0 Å². The van der Waals surface area contributed by atoms with E-state index in [-0.39, 0.29) is 0 Å². The van der Waals surface area contributed by atoms with E-state index < -0.39 is 0 Å². The van der Waals surface area contributed by atoms with Crippen molar-refractivity contribution in [2.75, 3.05) is 11.5 Å². The van der Waals surface area contributed by atoms with Crippen LogP contribution in [0.5, 0.6) is 0 Å². The zero-order valence-corrected chi connectivity index (χ0v) is 16.3. The molecule has 0 atom stereocenters. The van der Waals surface area contributed by atoms with Crippen LogP contribution >= 0.6 is 21.6 Å². The molecular weight excluding hydrogens is 328 g/mol. The summed E-state index contributed by atoms with van der Waals surface area (Å²) in [6.45, 7) is 0. The fraction of sp³-hybridized carbons (Fsp3) is 0.455. The van der Waals surface area contributed by atoms with Gasteiger partial charge < -0.3 is 0 Å². The van der Waals surface area contributed by atoms with Crippen LogP contribution in [0.4, 0.5) is 0 Å². The van der Waals surface area contributed by atoms with Crippen molar-refractivity contribution in [3.05, 3.63) is 71.8 Å². The highest BCUT2D eigenvalue weighted by Gasteiger charge is 1.96. The maximum atomic E-state index is 2.24. The average molecular weight is 359 g/mol. The monoisotopic (exact) mass is 358 g/mol. The van der Waals surface area contributed by atoms with Gasteiger partial charge >= 0.3 is 0 Å². The summed E-state index contributed by atoms with van der Waals surface area (Å²) in [5.74, 6) is 2.62. The molecule has 0 unspecified atom stereocenters. The highest BCUT2D eigenvalue weighted by molar-refractivity contribution is 8.76. The van der Waals surface area contributed by atoms with Crippen LogP contribution < -0.4 is 0 Å². The predicted molar refractivity (Wildman–Crippen MR) is 113 cm³/mol. The lowest BCUT2D eigenvalue weighted by atomic mass is 10.1. The first-order valence-electron chi connectivity index (χ1n) is 9.27. The SMILES string of the molecule is c1ccc(CCCCCSSCCCCCc2ccccc2)cc1. The predicted octanol–water partition coefficient (Wildman–Crippen LogP) is 7.19. The molecule has 0 amide bonds. The molecule has 0 aliphatic carbocycles. The molecule has 0 heterocycles. The van der Waals surface area contributed by atoms with Crippen molar-refractivity contribution in [1.29, 1.82) is 0 Å². The van der Waals surface area contributed by atoms with Crippen LogP contribution in [0.1, 0.15) is 49.7 Å². The summed E-state index contributed by atoms with van der Waals surface area (Å²) in [6.07, 6.45) is 10.6. The topological polar surface area (TPSA) is 0 Å². The lowest BCUT2D eigenvalue weighted by molar-refractivity contribution is 0.722. The largest absolute Gasteiger partial charge is 0.0942 e. The number of aryl methyl sites for hydroxylation is 2. The van der Waals surface area contributed by atoms with Crippen molar-refractivity contribution in [3.63, 3.8) is 0 Å². The van der Waals surface area contributed by atoms with E-state index in [1.54, 1.807) is 0 Å². The Kier molecular flexibility index (Phi) is 10.9. The highest BCUT2D eigenvalue weighted by atomic mass is 33.1. The zero-order valence-electron chi connectivity index (χ0n) is 14.7. The van der Waals surface area contributed by atoms with Gasteiger partial charge in [-0.2, -0.15) is 0 Å². The van der Waals surface area contributed by atoms with Gasteiger partial charge in [0.05, 0.1) is 0 Å². The van der Waals surface area contributed by atoms with Crippen LogP contribution in [0.25, 0.3) is 0 Å². The van der Waals surface area contributed by atoms with Crippen LogP contribution in [-0.4, -0.2) is 11.5 Å². The molecule has 0 saturated heterocycles. The van der Waals surface area contributed by atoms with Gasteiger partial charge in [0.25, 0.3) is 0 Å². The molecule has 130 valence electrons. The lowest BCUT2D eigenvalue weighted by Crippen LogP contribution is -1.87. The first-order chi connectivity index (χ1) is 11.9. The Morgan fingerprint density at radius 1 is 0.458 bits per heavy atom. The summed E-state index contributed by atoms with van der Waals surface area (Å²) < 4.78 is 0. The molecule has 0 saturated carbocycles. The number of rotatable bonds is 13. The molecule has 0 nitrogen and oxygen atoms in total. The van der Waals surface area contributed by atoms with E-state index in [0.717, 1.165) is 0 Å². The minimum Gasteiger partial charge on any atom is -0.0942 e. The summed E-state index contributed by atoms with van der Waals surface area (Å²) >= 11 is 0. The lowest BCUT2D eigenvalue weighted by Gasteiger charge is -2.03. The van der Waals surface area contributed by atoms with Crippen molar-refractivity contribution in [2.24, 2.45) is 0 Å². The van der Waals surface area contributed by atoms with Crippen molar-refractivity contribution < 1.29 is 0 Å². The second-order valence-corrected chi connectivity index (χ2v) is 8.94. The van der Waals surface area contributed by atoms with Gasteiger partial charge in [0.1, 0.15) is 0 Å². The average Bonchev–Trinajstić information content (AvgIpc) is 2.64. The van der Waals surface area contributed by atoms with E-state index in [1.165, 1.54) is 74.0 Å². The third-order valence-electron chi connectivity index (χ3n) is 4.16. The normalized spacial score (nSPS) is 10.8. The van der Waals surface area contributed by atoms with Crippen molar-refractivity contribution >= 4 is 21.6 Å². The van der Waals surface area contributed by atoms with Crippen LogP contribution in [0.3, 0.4) is 0 Å². The third kappa shape index (κ3) is 9.44. The molecule has 0 fully saturated rings. The van der Waals surface area contributed by atoms with E-state index in [2.05, 4.69) is 82.3 Å². The maximum Gasteiger partial charge on any atom is 0.00369 e. The van der Waals surface area contributed by atoms with Gasteiger partial charge in [0.15, 0.2) is 0 Å². The molecule has 2 rings (SSSR count). The molecule has 0 N–H and O–H groups in total. The Morgan fingerprint density at radius 2 is 0.875 bits per heavy atom. The van der Waals surface area contributed by atoms with Gasteiger partial charge in [-0.25, -0.2) is 0 Å². The van der Waals surface area contributed by atoms with Crippen LogP contribution in [0.15, 0.2) is 60.7 Å². The Labute approximate surface area is 156 Å². The Hall–Kier alpha value is -0.860. The van der Waals surface area contributed by atoms with Gasteiger partial charge in [-0.15, -0.1) is 0 Å². The summed E-state index contributed by atoms with van der Waals surface area (Å²) in [7, 11) is 4.14. The molecule has 0 aromatic heterocycles. The smallest absolute Gasteiger partial charge is 0.00369 e. The summed E-state index contributed by atoms with van der Waals surface area (Å²) in [4.78, 5) is 0. The van der Waals surface area contributed by atoms with Gasteiger partial charge in [-0.1, -0.05) is 95.1 Å². The van der Waals surface area contributed by atoms with E-state index >= 15 is 0 Å². The molecular formula is C22H30S2. The molecule has 0 bridgehead atoms. The summed E-state index contributed by atoms with van der Waals surface area (Å²) in [5.41, 5.74) is 2.96. The van der Waals surface area contributed by atoms with Crippen molar-refractivity contribution in [3.8, 4) is 0 Å². The van der Waals surface area contributed by atoms with Crippen LogP contribution in [0, 0.1) is 0 Å². The molecule has 0 aliphatic heterocycles. The van der Waals surface area contributed by atoms with E-state index in [4.69, 9.17) is 0 Å². The number of unbranched alkanes of at least 4 members (excludes halogenated alkanes) is 4. The van der Waals surface area contributed by atoms with E-state index in [0.29, 0.717) is 0 Å². The zero-order chi connectivity index (χ0) is 16.7. The summed E-state index contributed by atoms with van der Waals surface area (Å²) in [6, 6.07) is 21.7. The first-order valence-corrected chi connectivity index (χ1v) is 11.8. The van der Waals surface area contributed by atoms with Gasteiger partial charge in [-0.3, -0.25) is 0 Å². The Bertz CT molecular complexity index is 461. The molecule has 2 heteroatoms. The fourth-order valence-corrected chi connectivity index (χ4v) is 5.03. The molecule has 24 heavy (non-hydrogen) atoms. The standard InChI is InChI=1S/C22H30S2/c1-5-13-21(14-6-1)17-9-3-11-19-23-24-20-12-4-10-18-22-15-7-2-8-16-22/h1-2,5-8,13-16H,3-4,9-12,17-20H2. The van der Waals surface area contributed by atoms with Crippen molar-refractivity contribution in [2.45, 2.75) is 51.4 Å². The minimum absolute atomic E-state index is 1.24.